The van der Waals surface area contributed by atoms with Gasteiger partial charge in [0.1, 0.15) is 22.4 Å². The molecule has 0 spiro atoms. The van der Waals surface area contributed by atoms with E-state index in [4.69, 9.17) is 21.1 Å². The molecule has 0 aromatic heterocycles. The summed E-state index contributed by atoms with van der Waals surface area (Å²) in [6.45, 7) is 0. The third kappa shape index (κ3) is 5.39. The lowest BCUT2D eigenvalue weighted by Crippen LogP contribution is -2.60. The summed E-state index contributed by atoms with van der Waals surface area (Å²) in [5.41, 5.74) is -0.977. The van der Waals surface area contributed by atoms with Crippen molar-refractivity contribution in [2.24, 2.45) is 0 Å². The highest BCUT2D eigenvalue weighted by molar-refractivity contribution is 7.93. The largest absolute Gasteiger partial charge is 0.573 e. The van der Waals surface area contributed by atoms with E-state index in [2.05, 4.69) is 4.74 Å². The van der Waals surface area contributed by atoms with Crippen molar-refractivity contribution in [3.05, 3.63) is 107 Å². The Morgan fingerprint density at radius 1 is 0.898 bits per heavy atom. The fourth-order valence-corrected chi connectivity index (χ4v) is 8.31. The van der Waals surface area contributed by atoms with Crippen LogP contribution in [-0.2, 0) is 31.6 Å². The van der Waals surface area contributed by atoms with E-state index < -0.39 is 44.5 Å². The van der Waals surface area contributed by atoms with Crippen LogP contribution >= 0.6 is 11.6 Å². The summed E-state index contributed by atoms with van der Waals surface area (Å²) in [6, 6.07) is 19.2. The van der Waals surface area contributed by atoms with Gasteiger partial charge in [0.05, 0.1) is 19.9 Å². The minimum absolute atomic E-state index is 0.0538. The topological polar surface area (TPSA) is 106 Å². The molecule has 0 aliphatic carbocycles. The van der Waals surface area contributed by atoms with Gasteiger partial charge >= 0.3 is 6.36 Å². The van der Waals surface area contributed by atoms with E-state index in [1.807, 2.05) is 0 Å². The molecule has 2 atom stereocenters. The van der Waals surface area contributed by atoms with Crippen LogP contribution in [0.5, 0.6) is 17.2 Å². The van der Waals surface area contributed by atoms with Gasteiger partial charge in [-0.1, -0.05) is 48.0 Å². The zero-order valence-corrected chi connectivity index (χ0v) is 28.1. The van der Waals surface area contributed by atoms with Crippen LogP contribution < -0.4 is 23.4 Å². The number of likely N-dealkylation sites (N-methyl/N-ethyl adjacent to an activating group) is 1. The Morgan fingerprint density at radius 2 is 1.59 bits per heavy atom. The van der Waals surface area contributed by atoms with E-state index in [0.29, 0.717) is 15.6 Å². The highest BCUT2D eigenvalue weighted by Crippen LogP contribution is 2.57. The maximum absolute atomic E-state index is 15.5. The van der Waals surface area contributed by atoms with Crippen LogP contribution in [0.15, 0.2) is 89.8 Å². The number of alkyl halides is 3. The molecule has 0 fully saturated rings. The Bertz CT molecular complexity index is 2090. The van der Waals surface area contributed by atoms with Crippen LogP contribution in [0.25, 0.3) is 0 Å². The van der Waals surface area contributed by atoms with Crippen LogP contribution in [0.2, 0.25) is 5.02 Å². The fraction of sp³-hybridized carbons (Fsp3) is 0.235. The number of carbonyl (C=O) groups is 2. The molecule has 2 heterocycles. The van der Waals surface area contributed by atoms with Crippen molar-refractivity contribution in [1.82, 2.24) is 4.90 Å². The zero-order valence-electron chi connectivity index (χ0n) is 26.5. The number of fused-ring (bicyclic) bond motifs is 2. The number of ether oxygens (including phenoxy) is 3. The number of hydrogen-bond acceptors (Lipinski definition) is 8. The molecule has 1 unspecified atom stereocenters. The van der Waals surface area contributed by atoms with E-state index in [0.717, 1.165) is 18.2 Å². The van der Waals surface area contributed by atoms with E-state index in [1.165, 1.54) is 37.3 Å². The summed E-state index contributed by atoms with van der Waals surface area (Å²) in [5, 5.41) is 0.124. The number of para-hydroxylation sites is 2. The third-order valence-corrected chi connectivity index (χ3v) is 10.5. The van der Waals surface area contributed by atoms with Gasteiger partial charge in [0, 0.05) is 48.4 Å². The Kier molecular flexibility index (Phi) is 8.44. The third-order valence-electron chi connectivity index (χ3n) is 8.52. The number of carbonyl (C=O) groups excluding carboxylic acids is 2. The molecule has 2 aliphatic rings. The minimum Gasteiger partial charge on any atom is -0.497 e. The molecule has 15 heteroatoms. The first-order valence-electron chi connectivity index (χ1n) is 14.7. The van der Waals surface area contributed by atoms with Gasteiger partial charge in [-0.2, -0.15) is 4.31 Å². The number of benzene rings is 4. The predicted molar refractivity (Wildman–Crippen MR) is 175 cm³/mol. The SMILES string of the molecule is COc1ccc(S(=O)(=O)N2C(=O)C(c3ccccc3OC)(N3c4ccccc4C[C@H]3C(=O)N(C)C)c3cc(Cl)ccc32)c(OC(F)(F)F)c1. The molecule has 49 heavy (non-hydrogen) atoms. The average Bonchev–Trinajstić information content (AvgIpc) is 3.56. The molecule has 0 radical (unpaired) electrons. The van der Waals surface area contributed by atoms with Crippen molar-refractivity contribution < 1.29 is 45.4 Å². The van der Waals surface area contributed by atoms with Gasteiger partial charge in [0.15, 0.2) is 11.3 Å². The molecule has 2 amide bonds. The second-order valence-corrected chi connectivity index (χ2v) is 13.7. The van der Waals surface area contributed by atoms with Gasteiger partial charge in [-0.25, -0.2) is 8.42 Å². The number of amides is 2. The normalized spacial score (nSPS) is 18.6. The standard InChI is InChI=1S/C34H29ClF3N3O7S/c1-39(2)31(42)27-17-20-9-5-7-11-25(20)40(27)33(23-10-6-8-12-28(23)47-4)24-18-21(35)13-15-26(24)41(32(33)43)49(44,45)30-16-14-22(46-3)19-29(30)48-34(36,37)38/h5-16,18-19,27H,17H2,1-4H3/t27-,33?/m0/s1. The number of hydrogen-bond donors (Lipinski definition) is 0. The zero-order chi connectivity index (χ0) is 35.5. The Labute approximate surface area is 285 Å². The van der Waals surface area contributed by atoms with Crippen molar-refractivity contribution in [1.29, 1.82) is 0 Å². The summed E-state index contributed by atoms with van der Waals surface area (Å²) in [5.74, 6) is -2.57. The molecule has 0 saturated heterocycles. The fourth-order valence-electron chi connectivity index (χ4n) is 6.58. The van der Waals surface area contributed by atoms with Crippen molar-refractivity contribution in [2.75, 3.05) is 37.5 Å². The molecule has 6 rings (SSSR count). The van der Waals surface area contributed by atoms with E-state index >= 15 is 4.79 Å². The maximum Gasteiger partial charge on any atom is 0.573 e. The number of halogens is 4. The first-order valence-corrected chi connectivity index (χ1v) is 16.5. The molecule has 0 bridgehead atoms. The quantitative estimate of drug-likeness (QED) is 0.227. The van der Waals surface area contributed by atoms with Gasteiger partial charge in [-0.05, 0) is 48.0 Å². The average molecular weight is 716 g/mol. The summed E-state index contributed by atoms with van der Waals surface area (Å²) in [4.78, 5) is 31.5. The molecular formula is C34H29ClF3N3O7S. The Balaban J connectivity index is 1.72. The number of methoxy groups -OCH3 is 2. The summed E-state index contributed by atoms with van der Waals surface area (Å²) < 4.78 is 85.7. The predicted octanol–water partition coefficient (Wildman–Crippen LogP) is 5.75. The highest BCUT2D eigenvalue weighted by Gasteiger charge is 2.64. The van der Waals surface area contributed by atoms with Crippen LogP contribution in [0.3, 0.4) is 0 Å². The monoisotopic (exact) mass is 715 g/mol. The molecule has 2 aliphatic heterocycles. The first-order chi connectivity index (χ1) is 23.2. The van der Waals surface area contributed by atoms with Crippen molar-refractivity contribution >= 4 is 44.8 Å². The number of sulfonamides is 1. The van der Waals surface area contributed by atoms with Gasteiger partial charge < -0.3 is 24.0 Å². The van der Waals surface area contributed by atoms with Gasteiger partial charge in [0.2, 0.25) is 5.91 Å². The van der Waals surface area contributed by atoms with Crippen LogP contribution in [0, 0.1) is 0 Å². The van der Waals surface area contributed by atoms with Crippen LogP contribution in [0.1, 0.15) is 16.7 Å². The Morgan fingerprint density at radius 3 is 2.27 bits per heavy atom. The maximum atomic E-state index is 15.5. The van der Waals surface area contributed by atoms with Gasteiger partial charge in [-0.3, -0.25) is 9.59 Å². The van der Waals surface area contributed by atoms with E-state index in [1.54, 1.807) is 67.5 Å². The van der Waals surface area contributed by atoms with Crippen LogP contribution in [-0.4, -0.2) is 65.9 Å². The lowest BCUT2D eigenvalue weighted by Gasteiger charge is -2.44. The molecular weight excluding hydrogens is 687 g/mol. The number of nitrogens with zero attached hydrogens (tertiary/aromatic N) is 3. The second kappa shape index (κ2) is 12.2. The molecule has 0 N–H and O–H groups in total. The summed E-state index contributed by atoms with van der Waals surface area (Å²) in [7, 11) is 0.472. The van der Waals surface area contributed by atoms with Crippen molar-refractivity contribution in [2.45, 2.75) is 29.3 Å². The summed E-state index contributed by atoms with van der Waals surface area (Å²) >= 11 is 6.56. The van der Waals surface area contributed by atoms with Crippen molar-refractivity contribution in [3.63, 3.8) is 0 Å². The Hall–Kier alpha value is -4.95. The smallest absolute Gasteiger partial charge is 0.497 e. The minimum atomic E-state index is -5.29. The first kappa shape index (κ1) is 33.9. The van der Waals surface area contributed by atoms with Crippen LogP contribution in [0.4, 0.5) is 24.5 Å². The lowest BCUT2D eigenvalue weighted by atomic mass is 9.80. The molecule has 256 valence electrons. The van der Waals surface area contributed by atoms with E-state index in [-0.39, 0.29) is 45.7 Å². The van der Waals surface area contributed by atoms with Gasteiger partial charge in [-0.15, -0.1) is 13.2 Å². The van der Waals surface area contributed by atoms with Gasteiger partial charge in [0.25, 0.3) is 15.9 Å². The number of rotatable bonds is 8. The highest BCUT2D eigenvalue weighted by atomic mass is 35.5. The molecule has 4 aromatic carbocycles. The molecule has 10 nitrogen and oxygen atoms in total. The number of anilines is 2. The molecule has 0 saturated carbocycles. The lowest BCUT2D eigenvalue weighted by molar-refractivity contribution is -0.275. The van der Waals surface area contributed by atoms with Crippen molar-refractivity contribution in [3.8, 4) is 17.2 Å². The second-order valence-electron chi connectivity index (χ2n) is 11.5. The summed E-state index contributed by atoms with van der Waals surface area (Å²) in [6.07, 6.45) is -5.14. The van der Waals surface area contributed by atoms with E-state index in [9.17, 15) is 26.4 Å². The molecule has 4 aromatic rings.